The molecule has 0 N–H and O–H groups in total. The summed E-state index contributed by atoms with van der Waals surface area (Å²) in [6.07, 6.45) is 10.3. The van der Waals surface area contributed by atoms with E-state index in [-0.39, 0.29) is 0 Å². The van der Waals surface area contributed by atoms with E-state index in [2.05, 4.69) is 182 Å². The fourth-order valence-electron chi connectivity index (χ4n) is 9.20. The topological polar surface area (TPSA) is 0 Å². The first-order valence-corrected chi connectivity index (χ1v) is 30.4. The van der Waals surface area contributed by atoms with Crippen molar-refractivity contribution < 1.29 is 19.1 Å². The predicted octanol–water partition coefficient (Wildman–Crippen LogP) is 8.98. The van der Waals surface area contributed by atoms with Crippen molar-refractivity contribution in [2.75, 3.05) is 0 Å². The molecule has 0 fully saturated rings. The SMILES string of the molecule is C1=C[CH]([Hf]([CH]2C=Cc3ccccc32)([CH]2c3ccccc3-c3ccccc32)[SiH](c2ccccc2)c2ccccc2)c2ccccc21. The Bertz CT molecular complexity index is 1940. The molecule has 0 aliphatic heterocycles. The van der Waals surface area contributed by atoms with Crippen LogP contribution >= 0.6 is 0 Å². The number of allylic oxidation sites excluding steroid dienone is 2. The van der Waals surface area contributed by atoms with Gasteiger partial charge in [-0.15, -0.1) is 0 Å². The normalized spacial score (nSPS) is 18.8. The molecule has 214 valence electrons. The zero-order valence-electron chi connectivity index (χ0n) is 25.1. The Kier molecular flexibility index (Phi) is 6.68. The van der Waals surface area contributed by atoms with Gasteiger partial charge in [-0.25, -0.2) is 0 Å². The Hall–Kier alpha value is -4.11. The minimum atomic E-state index is -4.12. The summed E-state index contributed by atoms with van der Waals surface area (Å²) >= 11 is -4.12. The van der Waals surface area contributed by atoms with Crippen molar-refractivity contribution >= 4 is 28.5 Å². The molecule has 9 rings (SSSR count). The summed E-state index contributed by atoms with van der Waals surface area (Å²) in [5.41, 5.74) is 12.0. The van der Waals surface area contributed by atoms with Crippen molar-refractivity contribution in [3.05, 3.63) is 203 Å². The zero-order valence-corrected chi connectivity index (χ0v) is 29.9. The molecule has 0 heterocycles. The second kappa shape index (κ2) is 11.0. The van der Waals surface area contributed by atoms with Crippen LogP contribution in [-0.4, -0.2) is 5.98 Å². The summed E-state index contributed by atoms with van der Waals surface area (Å²) in [4.78, 5) is 0. The van der Waals surface area contributed by atoms with Gasteiger partial charge in [0, 0.05) is 0 Å². The van der Waals surface area contributed by atoms with Gasteiger partial charge in [0.1, 0.15) is 0 Å². The van der Waals surface area contributed by atoms with Gasteiger partial charge in [0.05, 0.1) is 0 Å². The van der Waals surface area contributed by atoms with Crippen molar-refractivity contribution in [2.24, 2.45) is 0 Å². The number of fused-ring (bicyclic) bond motifs is 5. The summed E-state index contributed by atoms with van der Waals surface area (Å²) in [7, 11) is 0. The van der Waals surface area contributed by atoms with Crippen LogP contribution in [0.2, 0.25) is 0 Å². The van der Waals surface area contributed by atoms with Gasteiger partial charge in [-0.1, -0.05) is 0 Å². The average Bonchev–Trinajstić information content (AvgIpc) is 3.83. The molecule has 0 bridgehead atoms. The van der Waals surface area contributed by atoms with Crippen LogP contribution in [0, 0.1) is 0 Å². The van der Waals surface area contributed by atoms with Crippen LogP contribution < -0.4 is 10.4 Å². The number of benzene rings is 6. The zero-order chi connectivity index (χ0) is 29.8. The molecular formula is C43H34HfSi. The van der Waals surface area contributed by atoms with Crippen LogP contribution in [0.3, 0.4) is 0 Å². The third-order valence-corrected chi connectivity index (χ3v) is 57.6. The van der Waals surface area contributed by atoms with Crippen LogP contribution in [0.1, 0.15) is 44.4 Å². The number of hydrogen-bond acceptors (Lipinski definition) is 0. The van der Waals surface area contributed by atoms with E-state index in [1.54, 1.807) is 32.6 Å². The average molecular weight is 757 g/mol. The molecule has 2 heteroatoms. The fraction of sp³-hybridized carbons (Fsp3) is 0.0698. The van der Waals surface area contributed by atoms with E-state index < -0.39 is 25.1 Å². The summed E-state index contributed by atoms with van der Waals surface area (Å²) in [6.45, 7) is 0. The van der Waals surface area contributed by atoms with E-state index in [0.717, 1.165) is 0 Å². The maximum absolute atomic E-state index is 4.12. The minimum absolute atomic E-state index is 0.420. The Morgan fingerprint density at radius 3 is 1.22 bits per heavy atom. The molecule has 0 nitrogen and oxygen atoms in total. The predicted molar refractivity (Wildman–Crippen MR) is 189 cm³/mol. The summed E-state index contributed by atoms with van der Waals surface area (Å²) < 4.78 is 1.30. The molecule has 0 amide bonds. The standard InChI is InChI=1S/C13H9.C12H11Si.2C9H7.Hf/c1-3-7-12-10(5-1)9-11-6-2-4-8-13(11)12;1-3-7-11(8-4-1)13-12-9-5-2-6-10-12;2*1-2-5-9-7-3-6-8(9)4-1;/h1-9H;1-10,13H;2*1-7H;. The van der Waals surface area contributed by atoms with Crippen LogP contribution in [0.25, 0.3) is 23.3 Å². The van der Waals surface area contributed by atoms with Crippen LogP contribution in [0.4, 0.5) is 0 Å². The molecule has 6 aromatic carbocycles. The van der Waals surface area contributed by atoms with E-state index in [1.165, 1.54) is 22.3 Å². The molecule has 6 aromatic rings. The molecule has 0 spiro atoms. The first-order chi connectivity index (χ1) is 22.4. The van der Waals surface area contributed by atoms with Crippen molar-refractivity contribution in [3.8, 4) is 11.1 Å². The molecule has 3 aliphatic carbocycles. The van der Waals surface area contributed by atoms with Gasteiger partial charge in [-0.2, -0.15) is 0 Å². The second-order valence-corrected chi connectivity index (χ2v) is 43.1. The van der Waals surface area contributed by atoms with E-state index in [1.807, 2.05) is 0 Å². The van der Waals surface area contributed by atoms with Crippen LogP contribution in [0.5, 0.6) is 0 Å². The third kappa shape index (κ3) is 4.12. The quantitative estimate of drug-likeness (QED) is 0.149. The van der Waals surface area contributed by atoms with Gasteiger partial charge in [0.25, 0.3) is 0 Å². The Balaban J connectivity index is 1.47. The van der Waals surface area contributed by atoms with Crippen molar-refractivity contribution in [1.82, 2.24) is 0 Å². The Morgan fingerprint density at radius 1 is 0.378 bits per heavy atom. The molecular weight excluding hydrogens is 723 g/mol. The van der Waals surface area contributed by atoms with Gasteiger partial charge < -0.3 is 0 Å². The van der Waals surface area contributed by atoms with Crippen molar-refractivity contribution in [2.45, 2.75) is 11.0 Å². The fourth-order valence-corrected chi connectivity index (χ4v) is 67.1. The van der Waals surface area contributed by atoms with Gasteiger partial charge in [0.2, 0.25) is 0 Å². The molecule has 0 radical (unpaired) electrons. The Labute approximate surface area is 271 Å². The van der Waals surface area contributed by atoms with Gasteiger partial charge in [-0.3, -0.25) is 0 Å². The summed E-state index contributed by atoms with van der Waals surface area (Å²) in [6, 6.07) is 61.0. The van der Waals surface area contributed by atoms with Crippen LogP contribution in [0.15, 0.2) is 170 Å². The molecule has 2 unspecified atom stereocenters. The van der Waals surface area contributed by atoms with E-state index >= 15 is 0 Å². The summed E-state index contributed by atoms with van der Waals surface area (Å²) in [5, 5.41) is 3.20. The Morgan fingerprint density at radius 2 is 0.756 bits per heavy atom. The molecule has 0 saturated heterocycles. The van der Waals surface area contributed by atoms with Gasteiger partial charge in [-0.05, 0) is 0 Å². The summed E-state index contributed by atoms with van der Waals surface area (Å²) in [5.74, 6) is -1.88. The monoisotopic (exact) mass is 758 g/mol. The molecule has 0 saturated carbocycles. The number of rotatable bonds is 6. The molecule has 45 heavy (non-hydrogen) atoms. The van der Waals surface area contributed by atoms with E-state index in [0.29, 0.717) is 11.0 Å². The third-order valence-electron chi connectivity index (χ3n) is 10.8. The first kappa shape index (κ1) is 27.2. The second-order valence-electron chi connectivity index (χ2n) is 12.8. The first-order valence-electron chi connectivity index (χ1n) is 16.2. The van der Waals surface area contributed by atoms with Gasteiger partial charge >= 0.3 is 273 Å². The van der Waals surface area contributed by atoms with Crippen molar-refractivity contribution in [3.63, 3.8) is 0 Å². The van der Waals surface area contributed by atoms with Crippen molar-refractivity contribution in [1.29, 1.82) is 0 Å². The van der Waals surface area contributed by atoms with E-state index in [9.17, 15) is 0 Å². The van der Waals surface area contributed by atoms with Crippen LogP contribution in [-0.2, 0) is 19.1 Å². The molecule has 0 aromatic heterocycles. The van der Waals surface area contributed by atoms with E-state index in [4.69, 9.17) is 0 Å². The number of hydrogen-bond donors (Lipinski definition) is 0. The maximum atomic E-state index is 2.68. The molecule has 3 aliphatic rings. The molecule has 2 atom stereocenters. The van der Waals surface area contributed by atoms with Gasteiger partial charge in [0.15, 0.2) is 0 Å².